The monoisotopic (exact) mass is 581 g/mol. The number of nitrogens with zero attached hydrogens (tertiary/aromatic N) is 2. The fraction of sp³-hybridized carbons (Fsp3) is 0.615. The van der Waals surface area contributed by atoms with Gasteiger partial charge in [-0.1, -0.05) is 24.6 Å². The van der Waals surface area contributed by atoms with E-state index in [1.165, 1.54) is 16.8 Å². The molecular weight excluding hydrogens is 549 g/mol. The highest BCUT2D eigenvalue weighted by Crippen LogP contribution is 2.41. The van der Waals surface area contributed by atoms with E-state index < -0.39 is 48.5 Å². The minimum atomic E-state index is -4.52. The van der Waals surface area contributed by atoms with E-state index in [-0.39, 0.29) is 40.6 Å². The van der Waals surface area contributed by atoms with Crippen molar-refractivity contribution in [1.29, 1.82) is 0 Å². The van der Waals surface area contributed by atoms with Gasteiger partial charge in [0.2, 0.25) is 0 Å². The zero-order valence-corrected chi connectivity index (χ0v) is 22.7. The van der Waals surface area contributed by atoms with Crippen LogP contribution in [0.5, 0.6) is 5.75 Å². The Labute approximate surface area is 228 Å². The number of carbonyl (C=O) groups excluding carboxylic acids is 1. The number of halogens is 6. The molecule has 1 atom stereocenters. The third-order valence-corrected chi connectivity index (χ3v) is 7.52. The summed E-state index contributed by atoms with van der Waals surface area (Å²) in [6, 6.07) is 3.59. The van der Waals surface area contributed by atoms with Crippen molar-refractivity contribution in [3.05, 3.63) is 34.5 Å². The zero-order valence-electron chi connectivity index (χ0n) is 21.9. The molecule has 1 fully saturated rings. The molecule has 0 radical (unpaired) electrons. The van der Waals surface area contributed by atoms with Crippen LogP contribution in [0.3, 0.4) is 0 Å². The molecule has 218 valence electrons. The molecule has 1 heterocycles. The van der Waals surface area contributed by atoms with Gasteiger partial charge in [-0.05, 0) is 69.6 Å². The summed E-state index contributed by atoms with van der Waals surface area (Å²) in [6.45, 7) is 1.81. The van der Waals surface area contributed by atoms with Gasteiger partial charge in [0.15, 0.2) is 5.69 Å². The molecule has 13 heteroatoms. The Morgan fingerprint density at radius 3 is 2.49 bits per heavy atom. The molecule has 1 amide bonds. The average Bonchev–Trinajstić information content (AvgIpc) is 3.19. The van der Waals surface area contributed by atoms with Gasteiger partial charge in [0, 0.05) is 25.1 Å². The summed E-state index contributed by atoms with van der Waals surface area (Å²) in [7, 11) is 0. The number of hydrogen-bond acceptors (Lipinski definition) is 5. The first-order chi connectivity index (χ1) is 18.0. The summed E-state index contributed by atoms with van der Waals surface area (Å²) in [5.74, 6) is -0.630. The highest BCUT2D eigenvalue weighted by molar-refractivity contribution is 6.36. The first-order valence-corrected chi connectivity index (χ1v) is 13.1. The molecule has 3 rings (SSSR count). The van der Waals surface area contributed by atoms with Crippen molar-refractivity contribution < 1.29 is 41.7 Å². The van der Waals surface area contributed by atoms with E-state index in [0.717, 1.165) is 25.8 Å². The standard InChI is InChI=1S/C26H33ClF5N3O4/c1-4-35-21(19(27)20(34-35)22(36)33-14-25(38)9-7-15(2)8-10-25)17-6-5-16(13-18(17)39-23(28)29)24(3,37)11-12-26(30,31)32/h5-6,13,15,23,37-38H,4,7-12,14H2,1-3H3,(H,33,36)/t15?,24-,25?/m0/s1. The van der Waals surface area contributed by atoms with Crippen molar-refractivity contribution in [2.75, 3.05) is 6.54 Å². The van der Waals surface area contributed by atoms with Crippen LogP contribution < -0.4 is 10.1 Å². The predicted octanol–water partition coefficient (Wildman–Crippen LogP) is 6.05. The predicted molar refractivity (Wildman–Crippen MR) is 135 cm³/mol. The molecule has 0 unspecified atom stereocenters. The van der Waals surface area contributed by atoms with Crippen LogP contribution in [0.1, 0.15) is 75.3 Å². The Hall–Kier alpha value is -2.44. The van der Waals surface area contributed by atoms with E-state index in [9.17, 15) is 37.0 Å². The molecule has 7 nitrogen and oxygen atoms in total. The number of nitrogens with one attached hydrogen (secondary N) is 1. The van der Waals surface area contributed by atoms with Crippen LogP contribution >= 0.6 is 11.6 Å². The fourth-order valence-corrected chi connectivity index (χ4v) is 4.97. The summed E-state index contributed by atoms with van der Waals surface area (Å²) in [5, 5.41) is 28.2. The number of alkyl halides is 5. The Kier molecular flexibility index (Phi) is 9.55. The largest absolute Gasteiger partial charge is 0.434 e. The van der Waals surface area contributed by atoms with Crippen molar-refractivity contribution in [3.8, 4) is 17.0 Å². The minimum absolute atomic E-state index is 0.00367. The summed E-state index contributed by atoms with van der Waals surface area (Å²) in [4.78, 5) is 13.0. The number of aromatic nitrogens is 2. The smallest absolute Gasteiger partial charge is 0.389 e. The first kappa shape index (κ1) is 31.1. The molecule has 0 spiro atoms. The highest BCUT2D eigenvalue weighted by atomic mass is 35.5. The van der Waals surface area contributed by atoms with Crippen LogP contribution in [0.2, 0.25) is 5.02 Å². The van der Waals surface area contributed by atoms with E-state index in [1.807, 2.05) is 0 Å². The van der Waals surface area contributed by atoms with Gasteiger partial charge in [0.05, 0.1) is 21.9 Å². The van der Waals surface area contributed by atoms with Crippen molar-refractivity contribution in [3.63, 3.8) is 0 Å². The van der Waals surface area contributed by atoms with Gasteiger partial charge in [0.25, 0.3) is 5.91 Å². The van der Waals surface area contributed by atoms with Crippen molar-refractivity contribution in [2.45, 2.75) is 89.8 Å². The van der Waals surface area contributed by atoms with E-state index in [0.29, 0.717) is 18.8 Å². The number of carbonyl (C=O) groups is 1. The third kappa shape index (κ3) is 7.82. The normalized spacial score (nSPS) is 21.6. The molecule has 1 saturated carbocycles. The second-order valence-corrected chi connectivity index (χ2v) is 10.8. The van der Waals surface area contributed by atoms with Crippen LogP contribution in [0.4, 0.5) is 22.0 Å². The van der Waals surface area contributed by atoms with E-state index in [4.69, 9.17) is 11.6 Å². The van der Waals surface area contributed by atoms with Gasteiger partial charge in [-0.25, -0.2) is 0 Å². The van der Waals surface area contributed by atoms with Crippen molar-refractivity contribution >= 4 is 17.5 Å². The quantitative estimate of drug-likeness (QED) is 0.297. The zero-order chi connectivity index (χ0) is 29.2. The summed E-state index contributed by atoms with van der Waals surface area (Å²) in [6.07, 6.45) is -3.79. The first-order valence-electron chi connectivity index (χ1n) is 12.7. The molecule has 0 saturated heterocycles. The molecule has 1 aromatic heterocycles. The van der Waals surface area contributed by atoms with Crippen LogP contribution in [0.15, 0.2) is 18.2 Å². The molecular formula is C26H33ClF5N3O4. The van der Waals surface area contributed by atoms with Gasteiger partial charge in [-0.15, -0.1) is 0 Å². The summed E-state index contributed by atoms with van der Waals surface area (Å²) < 4.78 is 70.8. The number of benzene rings is 1. The van der Waals surface area contributed by atoms with Gasteiger partial charge in [-0.2, -0.15) is 27.1 Å². The molecule has 1 aliphatic rings. The van der Waals surface area contributed by atoms with Crippen LogP contribution in [0.25, 0.3) is 11.3 Å². The van der Waals surface area contributed by atoms with Gasteiger partial charge in [-0.3, -0.25) is 9.48 Å². The number of aliphatic hydroxyl groups is 2. The molecule has 1 aromatic carbocycles. The lowest BCUT2D eigenvalue weighted by atomic mass is 9.79. The Morgan fingerprint density at radius 1 is 1.28 bits per heavy atom. The summed E-state index contributed by atoms with van der Waals surface area (Å²) >= 11 is 6.53. The molecule has 0 aliphatic heterocycles. The highest BCUT2D eigenvalue weighted by Gasteiger charge is 2.35. The number of hydrogen-bond donors (Lipinski definition) is 3. The SMILES string of the molecule is CCn1nc(C(=O)NCC2(O)CCC(C)CC2)c(Cl)c1-c1ccc([C@@](C)(O)CCC(F)(F)F)cc1OC(F)F. The number of amides is 1. The van der Waals surface area contributed by atoms with Gasteiger partial charge in [0.1, 0.15) is 5.75 Å². The lowest BCUT2D eigenvalue weighted by molar-refractivity contribution is -0.146. The minimum Gasteiger partial charge on any atom is -0.434 e. The lowest BCUT2D eigenvalue weighted by Gasteiger charge is -2.34. The maximum atomic E-state index is 13.3. The number of rotatable bonds is 10. The van der Waals surface area contributed by atoms with Crippen LogP contribution in [0, 0.1) is 5.92 Å². The molecule has 1 aliphatic carbocycles. The Balaban J connectivity index is 1.93. The van der Waals surface area contributed by atoms with Crippen LogP contribution in [-0.4, -0.2) is 50.8 Å². The number of aryl methyl sites for hydroxylation is 1. The Bertz CT molecular complexity index is 1160. The molecule has 0 bridgehead atoms. The molecule has 39 heavy (non-hydrogen) atoms. The van der Waals surface area contributed by atoms with Gasteiger partial charge < -0.3 is 20.3 Å². The van der Waals surface area contributed by atoms with E-state index in [2.05, 4.69) is 22.1 Å². The molecule has 2 aromatic rings. The van der Waals surface area contributed by atoms with Gasteiger partial charge >= 0.3 is 12.8 Å². The average molecular weight is 582 g/mol. The third-order valence-electron chi connectivity index (χ3n) is 7.16. The summed E-state index contributed by atoms with van der Waals surface area (Å²) in [5.41, 5.74) is -3.23. The number of ether oxygens (including phenoxy) is 1. The van der Waals surface area contributed by atoms with E-state index in [1.54, 1.807) is 6.92 Å². The van der Waals surface area contributed by atoms with Crippen LogP contribution in [-0.2, 0) is 12.1 Å². The van der Waals surface area contributed by atoms with Crippen molar-refractivity contribution in [2.24, 2.45) is 5.92 Å². The maximum absolute atomic E-state index is 13.3. The van der Waals surface area contributed by atoms with Crippen molar-refractivity contribution in [1.82, 2.24) is 15.1 Å². The maximum Gasteiger partial charge on any atom is 0.389 e. The van der Waals surface area contributed by atoms with E-state index >= 15 is 0 Å². The molecule has 3 N–H and O–H groups in total. The Morgan fingerprint density at radius 2 is 1.92 bits per heavy atom. The lowest BCUT2D eigenvalue weighted by Crippen LogP contribution is -2.45. The topological polar surface area (TPSA) is 96.6 Å². The fourth-order valence-electron chi connectivity index (χ4n) is 4.65. The second kappa shape index (κ2) is 12.0. The second-order valence-electron chi connectivity index (χ2n) is 10.4.